The van der Waals surface area contributed by atoms with Crippen LogP contribution in [0.3, 0.4) is 0 Å². The number of primary amides is 1. The van der Waals surface area contributed by atoms with Crippen LogP contribution < -0.4 is 21.3 Å². The lowest BCUT2D eigenvalue weighted by molar-refractivity contribution is -0.132. The lowest BCUT2D eigenvalue weighted by Crippen LogP contribution is -2.65. The number of likely N-dealkylation sites (N-methyl/N-ethyl adjacent to an activating group) is 1. The minimum Gasteiger partial charge on any atom is -0.452 e. The highest BCUT2D eigenvalue weighted by atomic mass is 35.5. The highest BCUT2D eigenvalue weighted by Gasteiger charge is 2.49. The van der Waals surface area contributed by atoms with E-state index in [0.717, 1.165) is 4.70 Å². The van der Waals surface area contributed by atoms with E-state index in [-0.39, 0.29) is 18.1 Å². The number of thiazole rings is 1. The van der Waals surface area contributed by atoms with Crippen molar-refractivity contribution in [3.8, 4) is 0 Å². The van der Waals surface area contributed by atoms with Gasteiger partial charge in [0, 0.05) is 32.8 Å². The number of carbonyl (C=O) groups excluding carboxylic acids is 3. The van der Waals surface area contributed by atoms with E-state index in [1.165, 1.54) is 16.2 Å². The van der Waals surface area contributed by atoms with Gasteiger partial charge in [-0.2, -0.15) is 0 Å². The fourth-order valence-corrected chi connectivity index (χ4v) is 4.91. The maximum Gasteiger partial charge on any atom is 0.338 e. The van der Waals surface area contributed by atoms with Gasteiger partial charge < -0.3 is 35.6 Å². The number of methoxy groups -OCH3 is 1. The Morgan fingerprint density at radius 3 is 2.72 bits per heavy atom. The Bertz CT molecular complexity index is 1330. The standard InChI is InChI=1S/C23H25ClN6O5S/c1-29(2)19(31)12-35-20(32)13-4-7-17-16(10-13)27-23(21(25)33,30(17)8-9-34-3)28-22-26-15-6-5-14(24)11-18(15)36-22/h4-7,10-11,27H,8-9,12H2,1-3H3,(H2,25,33)(H,26,28). The summed E-state index contributed by atoms with van der Waals surface area (Å²) in [6.45, 7) is 0.207. The number of benzene rings is 2. The van der Waals surface area contributed by atoms with Crippen LogP contribution in [0.25, 0.3) is 10.2 Å². The van der Waals surface area contributed by atoms with Gasteiger partial charge in [0.15, 0.2) is 11.7 Å². The average Bonchev–Trinajstić information content (AvgIpc) is 3.38. The molecule has 11 nitrogen and oxygen atoms in total. The van der Waals surface area contributed by atoms with Crippen molar-refractivity contribution in [3.63, 3.8) is 0 Å². The molecule has 2 amide bonds. The monoisotopic (exact) mass is 532 g/mol. The number of fused-ring (bicyclic) bond motifs is 2. The van der Waals surface area contributed by atoms with E-state index in [9.17, 15) is 14.4 Å². The van der Waals surface area contributed by atoms with Crippen LogP contribution in [0.5, 0.6) is 0 Å². The molecule has 36 heavy (non-hydrogen) atoms. The topological polar surface area (TPSA) is 139 Å². The number of hydrogen-bond acceptors (Lipinski definition) is 10. The summed E-state index contributed by atoms with van der Waals surface area (Å²) in [4.78, 5) is 44.9. The first-order valence-electron chi connectivity index (χ1n) is 10.8. The van der Waals surface area contributed by atoms with E-state index in [4.69, 9.17) is 26.8 Å². The van der Waals surface area contributed by atoms with Crippen molar-refractivity contribution in [1.82, 2.24) is 9.88 Å². The first-order valence-corrected chi connectivity index (χ1v) is 12.0. The fourth-order valence-electron chi connectivity index (χ4n) is 3.71. The number of halogens is 1. The van der Waals surface area contributed by atoms with Crippen molar-refractivity contribution in [2.75, 3.05) is 56.5 Å². The van der Waals surface area contributed by atoms with Crippen LogP contribution in [0.1, 0.15) is 10.4 Å². The SMILES string of the molecule is COCCN1c2ccc(C(=O)OCC(=O)N(C)C)cc2NC1(Nc1nc2ccc(Cl)cc2s1)C(N)=O. The second-order valence-corrected chi connectivity index (χ2v) is 9.66. The number of hydrogen-bond donors (Lipinski definition) is 3. The molecule has 13 heteroatoms. The highest BCUT2D eigenvalue weighted by Crippen LogP contribution is 2.42. The molecular weight excluding hydrogens is 508 g/mol. The lowest BCUT2D eigenvalue weighted by Gasteiger charge is -2.37. The predicted octanol–water partition coefficient (Wildman–Crippen LogP) is 2.32. The van der Waals surface area contributed by atoms with E-state index in [2.05, 4.69) is 15.6 Å². The molecule has 0 saturated heterocycles. The average molecular weight is 533 g/mol. The summed E-state index contributed by atoms with van der Waals surface area (Å²) in [5, 5.41) is 7.30. The van der Waals surface area contributed by atoms with Crippen LogP contribution in [0.2, 0.25) is 5.02 Å². The smallest absolute Gasteiger partial charge is 0.338 e. The molecule has 1 aliphatic heterocycles. The maximum absolute atomic E-state index is 12.9. The first-order chi connectivity index (χ1) is 17.1. The number of rotatable bonds is 9. The largest absolute Gasteiger partial charge is 0.452 e. The molecule has 4 N–H and O–H groups in total. The number of esters is 1. The first kappa shape index (κ1) is 25.5. The molecule has 190 valence electrons. The van der Waals surface area contributed by atoms with Gasteiger partial charge in [0.05, 0.1) is 33.8 Å². The van der Waals surface area contributed by atoms with E-state index < -0.39 is 17.7 Å². The zero-order valence-corrected chi connectivity index (χ0v) is 21.4. The lowest BCUT2D eigenvalue weighted by atomic mass is 10.1. The van der Waals surface area contributed by atoms with E-state index in [0.29, 0.717) is 40.2 Å². The van der Waals surface area contributed by atoms with Crippen molar-refractivity contribution in [3.05, 3.63) is 47.0 Å². The molecule has 0 bridgehead atoms. The summed E-state index contributed by atoms with van der Waals surface area (Å²) in [6.07, 6.45) is 0. The molecule has 2 aromatic carbocycles. The quantitative estimate of drug-likeness (QED) is 0.354. The van der Waals surface area contributed by atoms with Crippen molar-refractivity contribution in [1.29, 1.82) is 0 Å². The van der Waals surface area contributed by atoms with Gasteiger partial charge in [-0.3, -0.25) is 9.59 Å². The molecular formula is C23H25ClN6O5S. The van der Waals surface area contributed by atoms with Crippen LogP contribution in [0.4, 0.5) is 16.5 Å². The van der Waals surface area contributed by atoms with Crippen molar-refractivity contribution >= 4 is 67.4 Å². The van der Waals surface area contributed by atoms with Gasteiger partial charge in [-0.1, -0.05) is 22.9 Å². The van der Waals surface area contributed by atoms with Gasteiger partial charge in [-0.15, -0.1) is 0 Å². The zero-order chi connectivity index (χ0) is 26.0. The van der Waals surface area contributed by atoms with Gasteiger partial charge in [-0.05, 0) is 36.4 Å². The minimum atomic E-state index is -1.60. The van der Waals surface area contributed by atoms with Crippen LogP contribution in [0, 0.1) is 0 Å². The summed E-state index contributed by atoms with van der Waals surface area (Å²) < 4.78 is 11.2. The van der Waals surface area contributed by atoms with Crippen molar-refractivity contribution in [2.24, 2.45) is 5.73 Å². The van der Waals surface area contributed by atoms with E-state index in [1.807, 2.05) is 0 Å². The van der Waals surface area contributed by atoms with Crippen molar-refractivity contribution < 1.29 is 23.9 Å². The molecule has 3 aromatic rings. The summed E-state index contributed by atoms with van der Waals surface area (Å²) in [6, 6.07) is 10.1. The molecule has 1 atom stereocenters. The second-order valence-electron chi connectivity index (χ2n) is 8.20. The minimum absolute atomic E-state index is 0.203. The van der Waals surface area contributed by atoms with Gasteiger partial charge in [0.2, 0.25) is 0 Å². The molecule has 0 radical (unpaired) electrons. The van der Waals surface area contributed by atoms with Crippen LogP contribution >= 0.6 is 22.9 Å². The number of nitrogens with zero attached hydrogens (tertiary/aromatic N) is 3. The molecule has 0 spiro atoms. The normalized spacial score (nSPS) is 16.4. The Hall–Kier alpha value is -3.61. The van der Waals surface area contributed by atoms with Gasteiger partial charge in [0.1, 0.15) is 0 Å². The summed E-state index contributed by atoms with van der Waals surface area (Å²) >= 11 is 7.42. The molecule has 1 aromatic heterocycles. The number of amides is 2. The number of ether oxygens (including phenoxy) is 2. The number of aromatic nitrogens is 1. The van der Waals surface area contributed by atoms with Gasteiger partial charge in [-0.25, -0.2) is 9.78 Å². The maximum atomic E-state index is 12.9. The highest BCUT2D eigenvalue weighted by molar-refractivity contribution is 7.22. The molecule has 1 unspecified atom stereocenters. The van der Waals surface area contributed by atoms with Gasteiger partial charge >= 0.3 is 5.97 Å². The Morgan fingerprint density at radius 1 is 1.25 bits per heavy atom. The fraction of sp³-hybridized carbons (Fsp3) is 0.304. The summed E-state index contributed by atoms with van der Waals surface area (Å²) in [5.74, 6) is -3.33. The van der Waals surface area contributed by atoms with Crippen LogP contribution in [0.15, 0.2) is 36.4 Å². The Balaban J connectivity index is 1.66. The number of nitrogens with one attached hydrogen (secondary N) is 2. The van der Waals surface area contributed by atoms with E-state index in [1.54, 1.807) is 62.5 Å². The molecule has 0 fully saturated rings. The third kappa shape index (κ3) is 4.87. The molecule has 4 rings (SSSR count). The Kier molecular flexibility index (Phi) is 7.20. The third-order valence-electron chi connectivity index (χ3n) is 5.58. The second kappa shape index (κ2) is 10.2. The zero-order valence-electron chi connectivity index (χ0n) is 19.8. The molecule has 1 aliphatic rings. The number of anilines is 3. The molecule has 0 saturated carbocycles. The predicted molar refractivity (Wildman–Crippen MR) is 138 cm³/mol. The Labute approximate surface area is 216 Å². The molecule has 2 heterocycles. The number of nitrogens with two attached hydrogens (primary N) is 1. The summed E-state index contributed by atoms with van der Waals surface area (Å²) in [7, 11) is 4.69. The molecule has 0 aliphatic carbocycles. The Morgan fingerprint density at radius 2 is 2.03 bits per heavy atom. The summed E-state index contributed by atoms with van der Waals surface area (Å²) in [5.41, 5.74) is 7.92. The van der Waals surface area contributed by atoms with E-state index >= 15 is 0 Å². The van der Waals surface area contributed by atoms with Crippen LogP contribution in [-0.2, 0) is 19.1 Å². The number of carbonyl (C=O) groups is 3. The van der Waals surface area contributed by atoms with Crippen molar-refractivity contribution in [2.45, 2.75) is 5.79 Å². The third-order valence-corrected chi connectivity index (χ3v) is 6.75. The van der Waals surface area contributed by atoms with Gasteiger partial charge in [0.25, 0.3) is 17.6 Å². The van der Waals surface area contributed by atoms with Crippen LogP contribution in [-0.4, -0.2) is 74.4 Å².